The number of aliphatic hydroxyl groups is 1. The Morgan fingerprint density at radius 2 is 1.62 bits per heavy atom. The molecule has 1 atom stereocenters. The number of nitro benzene ring substituents is 1. The standard InChI is InChI=1S/C27H24N2O8/c1-3-36-20-12-10-18(11-13-20)28-24(17-7-14-21(30)22(15-17)37-4-2)23(26(32)27(28)33)25(31)16-5-8-19(9-6-16)29(34)35/h5-15,24,30-31H,3-4H2,1-2H3/b25-23-. The lowest BCUT2D eigenvalue weighted by Crippen LogP contribution is -2.29. The molecule has 10 heteroatoms. The van der Waals surface area contributed by atoms with Crippen LogP contribution in [0.25, 0.3) is 5.76 Å². The van der Waals surface area contributed by atoms with Gasteiger partial charge in [0.1, 0.15) is 11.5 Å². The van der Waals surface area contributed by atoms with Gasteiger partial charge >= 0.3 is 0 Å². The molecule has 0 bridgehead atoms. The summed E-state index contributed by atoms with van der Waals surface area (Å²) in [6, 6.07) is 14.9. The maximum absolute atomic E-state index is 13.3. The SMILES string of the molecule is CCOc1ccc(N2C(=O)C(=O)/C(=C(\O)c3ccc([N+](=O)[O-])cc3)C2c2ccc(O)c(OCC)c2)cc1. The summed E-state index contributed by atoms with van der Waals surface area (Å²) in [5.41, 5.74) is 0.509. The van der Waals surface area contributed by atoms with E-state index in [4.69, 9.17) is 9.47 Å². The van der Waals surface area contributed by atoms with Gasteiger partial charge in [0.15, 0.2) is 11.5 Å². The largest absolute Gasteiger partial charge is 0.507 e. The van der Waals surface area contributed by atoms with E-state index in [2.05, 4.69) is 0 Å². The first-order valence-electron chi connectivity index (χ1n) is 11.5. The normalized spacial score (nSPS) is 16.6. The van der Waals surface area contributed by atoms with Gasteiger partial charge in [-0.25, -0.2) is 0 Å². The van der Waals surface area contributed by atoms with Crippen LogP contribution in [-0.4, -0.2) is 40.0 Å². The maximum Gasteiger partial charge on any atom is 0.300 e. The third-order valence-electron chi connectivity index (χ3n) is 5.82. The minimum atomic E-state index is -1.08. The molecule has 10 nitrogen and oxygen atoms in total. The summed E-state index contributed by atoms with van der Waals surface area (Å²) in [6.45, 7) is 4.30. The van der Waals surface area contributed by atoms with Gasteiger partial charge in [0, 0.05) is 23.4 Å². The molecule has 0 spiro atoms. The average molecular weight is 504 g/mol. The summed E-state index contributed by atoms with van der Waals surface area (Å²) in [6.07, 6.45) is 0. The van der Waals surface area contributed by atoms with Crippen LogP contribution in [0.3, 0.4) is 0 Å². The molecule has 37 heavy (non-hydrogen) atoms. The highest BCUT2D eigenvalue weighted by atomic mass is 16.6. The monoisotopic (exact) mass is 504 g/mol. The van der Waals surface area contributed by atoms with Gasteiger partial charge in [-0.05, 0) is 67.9 Å². The number of anilines is 1. The number of hydrogen-bond donors (Lipinski definition) is 2. The molecular weight excluding hydrogens is 480 g/mol. The number of nitrogens with zero attached hydrogens (tertiary/aromatic N) is 2. The Labute approximate surface area is 212 Å². The number of Topliss-reactive ketones (excluding diaryl/α,β-unsaturated/α-hetero) is 1. The van der Waals surface area contributed by atoms with E-state index < -0.39 is 28.4 Å². The second-order valence-electron chi connectivity index (χ2n) is 8.06. The highest BCUT2D eigenvalue weighted by Crippen LogP contribution is 2.44. The Balaban J connectivity index is 1.90. The van der Waals surface area contributed by atoms with Gasteiger partial charge in [-0.2, -0.15) is 0 Å². The number of aromatic hydroxyl groups is 1. The van der Waals surface area contributed by atoms with E-state index in [9.17, 15) is 29.9 Å². The zero-order chi connectivity index (χ0) is 26.7. The minimum absolute atomic E-state index is 0.126. The number of rotatable bonds is 8. The van der Waals surface area contributed by atoms with E-state index in [0.29, 0.717) is 23.6 Å². The summed E-state index contributed by atoms with van der Waals surface area (Å²) in [7, 11) is 0. The molecule has 4 rings (SSSR count). The molecule has 0 saturated carbocycles. The van der Waals surface area contributed by atoms with Crippen LogP contribution >= 0.6 is 0 Å². The molecule has 1 fully saturated rings. The van der Waals surface area contributed by atoms with E-state index in [1.54, 1.807) is 31.2 Å². The second-order valence-corrected chi connectivity index (χ2v) is 8.06. The fourth-order valence-electron chi connectivity index (χ4n) is 4.15. The summed E-state index contributed by atoms with van der Waals surface area (Å²) >= 11 is 0. The van der Waals surface area contributed by atoms with Crippen molar-refractivity contribution >= 4 is 28.8 Å². The van der Waals surface area contributed by atoms with Gasteiger partial charge in [0.2, 0.25) is 0 Å². The van der Waals surface area contributed by atoms with Crippen LogP contribution in [0.4, 0.5) is 11.4 Å². The van der Waals surface area contributed by atoms with Gasteiger partial charge in [-0.3, -0.25) is 24.6 Å². The molecule has 0 radical (unpaired) electrons. The number of carbonyl (C=O) groups is 2. The van der Waals surface area contributed by atoms with Gasteiger partial charge in [0.05, 0.1) is 29.8 Å². The summed E-state index contributed by atoms with van der Waals surface area (Å²) in [5, 5.41) is 32.4. The Hall–Kier alpha value is -4.86. The van der Waals surface area contributed by atoms with Crippen LogP contribution in [0.15, 0.2) is 72.3 Å². The predicted molar refractivity (Wildman–Crippen MR) is 135 cm³/mol. The topological polar surface area (TPSA) is 139 Å². The Morgan fingerprint density at radius 3 is 2.22 bits per heavy atom. The number of ether oxygens (including phenoxy) is 2. The fourth-order valence-corrected chi connectivity index (χ4v) is 4.15. The number of nitro groups is 1. The molecule has 1 aliphatic heterocycles. The van der Waals surface area contributed by atoms with Crippen molar-refractivity contribution in [3.63, 3.8) is 0 Å². The number of ketones is 1. The van der Waals surface area contributed by atoms with Crippen LogP contribution < -0.4 is 14.4 Å². The molecule has 3 aromatic rings. The number of phenolic OH excluding ortho intramolecular Hbond substituents is 1. The van der Waals surface area contributed by atoms with Crippen molar-refractivity contribution < 1.29 is 34.2 Å². The molecule has 1 unspecified atom stereocenters. The van der Waals surface area contributed by atoms with E-state index in [0.717, 1.165) is 0 Å². The highest BCUT2D eigenvalue weighted by Gasteiger charge is 2.47. The van der Waals surface area contributed by atoms with Crippen molar-refractivity contribution in [3.8, 4) is 17.2 Å². The lowest BCUT2D eigenvalue weighted by atomic mass is 9.94. The predicted octanol–water partition coefficient (Wildman–Crippen LogP) is 4.72. The molecule has 2 N–H and O–H groups in total. The van der Waals surface area contributed by atoms with E-state index >= 15 is 0 Å². The van der Waals surface area contributed by atoms with Crippen molar-refractivity contribution in [1.82, 2.24) is 0 Å². The summed E-state index contributed by atoms with van der Waals surface area (Å²) < 4.78 is 11.0. The third kappa shape index (κ3) is 4.81. The zero-order valence-electron chi connectivity index (χ0n) is 20.1. The van der Waals surface area contributed by atoms with Crippen molar-refractivity contribution in [1.29, 1.82) is 0 Å². The smallest absolute Gasteiger partial charge is 0.300 e. The number of non-ortho nitro benzene ring substituents is 1. The van der Waals surface area contributed by atoms with Crippen molar-refractivity contribution in [2.24, 2.45) is 0 Å². The fraction of sp³-hybridized carbons (Fsp3) is 0.185. The number of carbonyl (C=O) groups excluding carboxylic acids is 2. The summed E-state index contributed by atoms with van der Waals surface area (Å²) in [5.74, 6) is -1.69. The number of aliphatic hydroxyl groups excluding tert-OH is 1. The Bertz CT molecular complexity index is 1380. The van der Waals surface area contributed by atoms with E-state index in [1.807, 2.05) is 6.92 Å². The lowest BCUT2D eigenvalue weighted by molar-refractivity contribution is -0.384. The quantitative estimate of drug-likeness (QED) is 0.148. The molecule has 1 amide bonds. The van der Waals surface area contributed by atoms with Gasteiger partial charge in [0.25, 0.3) is 17.4 Å². The highest BCUT2D eigenvalue weighted by molar-refractivity contribution is 6.51. The van der Waals surface area contributed by atoms with Gasteiger partial charge in [-0.1, -0.05) is 6.07 Å². The van der Waals surface area contributed by atoms with Crippen LogP contribution in [0.5, 0.6) is 17.2 Å². The molecule has 190 valence electrons. The number of hydrogen-bond acceptors (Lipinski definition) is 8. The average Bonchev–Trinajstić information content (AvgIpc) is 3.16. The molecule has 0 aliphatic carbocycles. The van der Waals surface area contributed by atoms with E-state index in [1.165, 1.54) is 47.4 Å². The van der Waals surface area contributed by atoms with Crippen LogP contribution in [0.2, 0.25) is 0 Å². The molecule has 1 heterocycles. The summed E-state index contributed by atoms with van der Waals surface area (Å²) in [4.78, 5) is 38.3. The molecular formula is C27H24N2O8. The van der Waals surface area contributed by atoms with Gasteiger partial charge < -0.3 is 19.7 Å². The Kier molecular flexibility index (Phi) is 7.10. The number of benzene rings is 3. The first-order valence-corrected chi connectivity index (χ1v) is 11.5. The van der Waals surface area contributed by atoms with Crippen molar-refractivity contribution in [2.75, 3.05) is 18.1 Å². The molecule has 1 aliphatic rings. The van der Waals surface area contributed by atoms with E-state index in [-0.39, 0.29) is 34.9 Å². The first-order chi connectivity index (χ1) is 17.8. The Morgan fingerprint density at radius 1 is 0.973 bits per heavy atom. The van der Waals surface area contributed by atoms with Crippen LogP contribution in [0, 0.1) is 10.1 Å². The van der Waals surface area contributed by atoms with Crippen LogP contribution in [-0.2, 0) is 9.59 Å². The molecule has 1 saturated heterocycles. The lowest BCUT2D eigenvalue weighted by Gasteiger charge is -2.26. The van der Waals surface area contributed by atoms with Crippen molar-refractivity contribution in [2.45, 2.75) is 19.9 Å². The minimum Gasteiger partial charge on any atom is -0.507 e. The molecule has 3 aromatic carbocycles. The third-order valence-corrected chi connectivity index (χ3v) is 5.82. The van der Waals surface area contributed by atoms with Gasteiger partial charge in [-0.15, -0.1) is 0 Å². The zero-order valence-corrected chi connectivity index (χ0v) is 20.1. The van der Waals surface area contributed by atoms with Crippen molar-refractivity contribution in [3.05, 3.63) is 93.5 Å². The molecule has 0 aromatic heterocycles. The second kappa shape index (κ2) is 10.4. The first kappa shape index (κ1) is 25.2. The van der Waals surface area contributed by atoms with Crippen LogP contribution in [0.1, 0.15) is 31.0 Å². The number of amides is 1. The number of phenols is 1. The maximum atomic E-state index is 13.3.